The highest BCUT2D eigenvalue weighted by atomic mass is 35.5. The molecule has 136 valence electrons. The molecule has 2 amide bonds. The molecule has 0 saturated heterocycles. The molecule has 0 radical (unpaired) electrons. The normalized spacial score (nSPS) is 11.7. The Bertz CT molecular complexity index is 827. The van der Waals surface area contributed by atoms with E-state index >= 15 is 0 Å². The molecule has 0 spiro atoms. The van der Waals surface area contributed by atoms with Gasteiger partial charge in [-0.3, -0.25) is 19.7 Å². The van der Waals surface area contributed by atoms with Gasteiger partial charge in [-0.2, -0.15) is 0 Å². The second kappa shape index (κ2) is 8.39. The Morgan fingerprint density at radius 2 is 1.96 bits per heavy atom. The van der Waals surface area contributed by atoms with Gasteiger partial charge in [0.25, 0.3) is 11.6 Å². The largest absolute Gasteiger partial charge is 0.340 e. The summed E-state index contributed by atoms with van der Waals surface area (Å²) in [5.41, 5.74) is -0.173. The summed E-state index contributed by atoms with van der Waals surface area (Å²) >= 11 is 5.96. The van der Waals surface area contributed by atoms with Crippen molar-refractivity contribution < 1.29 is 14.5 Å². The lowest BCUT2D eigenvalue weighted by molar-refractivity contribution is -0.384. The lowest BCUT2D eigenvalue weighted by Crippen LogP contribution is -2.47. The van der Waals surface area contributed by atoms with Crippen LogP contribution >= 0.6 is 11.6 Å². The van der Waals surface area contributed by atoms with Crippen LogP contribution in [0.25, 0.3) is 0 Å². The van der Waals surface area contributed by atoms with Gasteiger partial charge in [0.1, 0.15) is 11.9 Å². The fraction of sp³-hybridized carbons (Fsp3) is 0.235. The van der Waals surface area contributed by atoms with Gasteiger partial charge < -0.3 is 10.6 Å². The van der Waals surface area contributed by atoms with E-state index in [0.29, 0.717) is 5.82 Å². The summed E-state index contributed by atoms with van der Waals surface area (Å²) in [6.07, 6.45) is 1.54. The van der Waals surface area contributed by atoms with Gasteiger partial charge in [0.2, 0.25) is 5.91 Å². The van der Waals surface area contributed by atoms with Gasteiger partial charge >= 0.3 is 0 Å². The van der Waals surface area contributed by atoms with Gasteiger partial charge in [-0.15, -0.1) is 0 Å². The van der Waals surface area contributed by atoms with Crippen molar-refractivity contribution in [2.24, 2.45) is 5.92 Å². The average Bonchev–Trinajstić information content (AvgIpc) is 2.59. The van der Waals surface area contributed by atoms with Crippen LogP contribution in [0.5, 0.6) is 0 Å². The molecule has 1 heterocycles. The maximum atomic E-state index is 12.5. The van der Waals surface area contributed by atoms with Gasteiger partial charge in [0.05, 0.1) is 15.5 Å². The van der Waals surface area contributed by atoms with E-state index in [9.17, 15) is 19.7 Å². The van der Waals surface area contributed by atoms with Gasteiger partial charge in [-0.25, -0.2) is 4.98 Å². The van der Waals surface area contributed by atoms with Crippen molar-refractivity contribution in [3.8, 4) is 0 Å². The number of amides is 2. The number of nitro benzene ring substituents is 1. The number of non-ortho nitro benzene ring substituents is 1. The Morgan fingerprint density at radius 1 is 1.23 bits per heavy atom. The Morgan fingerprint density at radius 3 is 2.50 bits per heavy atom. The number of carbonyl (C=O) groups excluding carboxylic acids is 2. The van der Waals surface area contributed by atoms with Crippen molar-refractivity contribution in [1.29, 1.82) is 0 Å². The van der Waals surface area contributed by atoms with Crippen LogP contribution in [0.3, 0.4) is 0 Å². The minimum absolute atomic E-state index is 0.0496. The molecule has 0 bridgehead atoms. The summed E-state index contributed by atoms with van der Waals surface area (Å²) in [6.45, 7) is 3.56. The van der Waals surface area contributed by atoms with Crippen LogP contribution in [0.1, 0.15) is 24.2 Å². The molecular weight excluding hydrogens is 360 g/mol. The number of nitrogens with zero attached hydrogens (tertiary/aromatic N) is 2. The molecule has 0 aliphatic heterocycles. The van der Waals surface area contributed by atoms with Crippen LogP contribution in [-0.2, 0) is 4.79 Å². The number of halogens is 1. The highest BCUT2D eigenvalue weighted by Crippen LogP contribution is 2.22. The van der Waals surface area contributed by atoms with E-state index < -0.39 is 22.8 Å². The highest BCUT2D eigenvalue weighted by molar-refractivity contribution is 6.34. The lowest BCUT2D eigenvalue weighted by Gasteiger charge is -2.21. The monoisotopic (exact) mass is 376 g/mol. The molecule has 1 aromatic carbocycles. The van der Waals surface area contributed by atoms with E-state index in [1.165, 1.54) is 18.3 Å². The number of hydrogen-bond acceptors (Lipinski definition) is 5. The molecule has 9 heteroatoms. The third kappa shape index (κ3) is 4.76. The molecule has 2 aromatic rings. The number of pyridine rings is 1. The molecule has 1 atom stereocenters. The number of benzene rings is 1. The highest BCUT2D eigenvalue weighted by Gasteiger charge is 2.26. The standard InChI is InChI=1S/C17H17ClN4O4/c1-10(2)15(17(24)20-14-5-3-4-8-19-14)21-16(23)12-7-6-11(22(25)26)9-13(12)18/h3-10,15H,1-2H3,(H,21,23)(H,19,20,24)/t15-/m0/s1. The number of nitro groups is 1. The first-order valence-electron chi connectivity index (χ1n) is 7.76. The topological polar surface area (TPSA) is 114 Å². The maximum Gasteiger partial charge on any atom is 0.270 e. The molecule has 1 aromatic heterocycles. The molecule has 26 heavy (non-hydrogen) atoms. The summed E-state index contributed by atoms with van der Waals surface area (Å²) in [5.74, 6) is -0.866. The fourth-order valence-corrected chi connectivity index (χ4v) is 2.46. The Labute approximate surface area is 154 Å². The molecule has 0 unspecified atom stereocenters. The van der Waals surface area contributed by atoms with Crippen LogP contribution < -0.4 is 10.6 Å². The van der Waals surface area contributed by atoms with Crippen LogP contribution in [0.2, 0.25) is 5.02 Å². The summed E-state index contributed by atoms with van der Waals surface area (Å²) in [6, 6.07) is 7.76. The Balaban J connectivity index is 2.15. The summed E-state index contributed by atoms with van der Waals surface area (Å²) in [7, 11) is 0. The number of rotatable bonds is 6. The van der Waals surface area contributed by atoms with E-state index in [1.54, 1.807) is 32.0 Å². The lowest BCUT2D eigenvalue weighted by atomic mass is 10.0. The van der Waals surface area contributed by atoms with E-state index in [-0.39, 0.29) is 22.2 Å². The van der Waals surface area contributed by atoms with E-state index in [2.05, 4.69) is 15.6 Å². The summed E-state index contributed by atoms with van der Waals surface area (Å²) < 4.78 is 0. The Kier molecular flexibility index (Phi) is 6.24. The van der Waals surface area contributed by atoms with Crippen LogP contribution in [-0.4, -0.2) is 27.8 Å². The van der Waals surface area contributed by atoms with E-state index in [4.69, 9.17) is 11.6 Å². The minimum Gasteiger partial charge on any atom is -0.340 e. The SMILES string of the molecule is CC(C)[C@H](NC(=O)c1ccc([N+](=O)[O-])cc1Cl)C(=O)Nc1ccccn1. The van der Waals surface area contributed by atoms with Crippen LogP contribution in [0.4, 0.5) is 11.5 Å². The van der Waals surface area contributed by atoms with Crippen LogP contribution in [0.15, 0.2) is 42.6 Å². The maximum absolute atomic E-state index is 12.5. The van der Waals surface area contributed by atoms with Gasteiger partial charge in [0.15, 0.2) is 0 Å². The molecule has 0 aliphatic rings. The van der Waals surface area contributed by atoms with Crippen molar-refractivity contribution in [2.75, 3.05) is 5.32 Å². The molecular formula is C17H17ClN4O4. The predicted molar refractivity (Wildman–Crippen MR) is 97.1 cm³/mol. The molecule has 0 saturated carbocycles. The van der Waals surface area contributed by atoms with E-state index in [0.717, 1.165) is 6.07 Å². The number of aromatic nitrogens is 1. The average molecular weight is 377 g/mol. The summed E-state index contributed by atoms with van der Waals surface area (Å²) in [5, 5.41) is 15.9. The second-order valence-corrected chi connectivity index (χ2v) is 6.23. The minimum atomic E-state index is -0.837. The van der Waals surface area contributed by atoms with Crippen molar-refractivity contribution in [3.05, 3.63) is 63.3 Å². The van der Waals surface area contributed by atoms with Crippen molar-refractivity contribution in [3.63, 3.8) is 0 Å². The molecule has 0 fully saturated rings. The molecule has 8 nitrogen and oxygen atoms in total. The molecule has 2 N–H and O–H groups in total. The quantitative estimate of drug-likeness (QED) is 0.594. The fourth-order valence-electron chi connectivity index (χ4n) is 2.20. The zero-order valence-electron chi connectivity index (χ0n) is 14.1. The smallest absolute Gasteiger partial charge is 0.270 e. The number of anilines is 1. The van der Waals surface area contributed by atoms with Crippen molar-refractivity contribution in [1.82, 2.24) is 10.3 Å². The first-order valence-corrected chi connectivity index (χ1v) is 8.14. The van der Waals surface area contributed by atoms with Gasteiger partial charge in [-0.1, -0.05) is 31.5 Å². The van der Waals surface area contributed by atoms with Crippen molar-refractivity contribution >= 4 is 34.9 Å². The number of carbonyl (C=O) groups is 2. The first-order chi connectivity index (χ1) is 12.3. The zero-order chi connectivity index (χ0) is 19.3. The zero-order valence-corrected chi connectivity index (χ0v) is 14.9. The predicted octanol–water partition coefficient (Wildman–Crippen LogP) is 3.04. The first kappa shape index (κ1) is 19.3. The van der Waals surface area contributed by atoms with Crippen LogP contribution in [0, 0.1) is 16.0 Å². The third-order valence-corrected chi connectivity index (χ3v) is 3.87. The molecule has 0 aliphatic carbocycles. The molecule has 2 rings (SSSR count). The third-order valence-electron chi connectivity index (χ3n) is 3.56. The van der Waals surface area contributed by atoms with Gasteiger partial charge in [0, 0.05) is 18.3 Å². The second-order valence-electron chi connectivity index (χ2n) is 5.82. The Hall–Kier alpha value is -3.00. The number of hydrogen-bond donors (Lipinski definition) is 2. The van der Waals surface area contributed by atoms with E-state index in [1.807, 2.05) is 0 Å². The summed E-state index contributed by atoms with van der Waals surface area (Å²) in [4.78, 5) is 39.1. The van der Waals surface area contributed by atoms with Crippen molar-refractivity contribution in [2.45, 2.75) is 19.9 Å². The van der Waals surface area contributed by atoms with Gasteiger partial charge in [-0.05, 0) is 24.1 Å². The number of nitrogens with one attached hydrogen (secondary N) is 2.